The summed E-state index contributed by atoms with van der Waals surface area (Å²) in [6.45, 7) is 12.3. The van der Waals surface area contributed by atoms with Gasteiger partial charge in [-0.3, -0.25) is 24.8 Å². The number of primary amides is 1. The van der Waals surface area contributed by atoms with Gasteiger partial charge in [0.25, 0.3) is 0 Å². The molecular weight excluding hydrogens is 652 g/mol. The Hall–Kier alpha value is -3.21. The first kappa shape index (κ1) is 44.8. The molecule has 0 bridgehead atoms. The highest BCUT2D eigenvalue weighted by Gasteiger charge is 2.34. The average Bonchev–Trinajstić information content (AvgIpc) is 3.04. The average molecular weight is 715 g/mol. The Labute approximate surface area is 297 Å². The van der Waals surface area contributed by atoms with E-state index in [0.29, 0.717) is 50.4 Å². The minimum Gasteiger partial charge on any atom is -0.493 e. The molecule has 4 atom stereocenters. The molecule has 1 rings (SSSR count). The second-order valence-corrected chi connectivity index (χ2v) is 13.9. The zero-order chi connectivity index (χ0) is 37.9. The van der Waals surface area contributed by atoms with Crippen LogP contribution in [0.15, 0.2) is 18.2 Å². The Balaban J connectivity index is 3.20. The van der Waals surface area contributed by atoms with Gasteiger partial charge >= 0.3 is 6.09 Å². The lowest BCUT2D eigenvalue weighted by Gasteiger charge is -2.32. The number of benzene rings is 1. The van der Waals surface area contributed by atoms with Crippen LogP contribution in [-0.2, 0) is 30.3 Å². The molecule has 1 aromatic rings. The van der Waals surface area contributed by atoms with Gasteiger partial charge in [-0.2, -0.15) is 0 Å². The van der Waals surface area contributed by atoms with Gasteiger partial charge in [-0.15, -0.1) is 0 Å². The van der Waals surface area contributed by atoms with Crippen LogP contribution < -0.4 is 25.8 Å². The van der Waals surface area contributed by atoms with Crippen LogP contribution in [0, 0.1) is 29.1 Å². The number of nitrogens with two attached hydrogens (primary N) is 1. The monoisotopic (exact) mass is 714 g/mol. The molecule has 0 fully saturated rings. The van der Waals surface area contributed by atoms with Crippen LogP contribution in [0.3, 0.4) is 0 Å². The molecule has 288 valence electrons. The second-order valence-electron chi connectivity index (χ2n) is 13.9. The molecule has 4 unspecified atom stereocenters. The molecule has 3 amide bonds. The number of aliphatic hydroxyl groups is 1. The van der Waals surface area contributed by atoms with E-state index in [0.717, 1.165) is 12.0 Å². The fourth-order valence-corrected chi connectivity index (χ4v) is 5.22. The minimum absolute atomic E-state index is 0.00978. The van der Waals surface area contributed by atoms with Crippen molar-refractivity contribution in [3.63, 3.8) is 0 Å². The van der Waals surface area contributed by atoms with Crippen LogP contribution in [0.1, 0.15) is 79.2 Å². The predicted molar refractivity (Wildman–Crippen MR) is 185 cm³/mol. The Morgan fingerprint density at radius 3 is 2.18 bits per heavy atom. The maximum Gasteiger partial charge on any atom is 0.407 e. The smallest absolute Gasteiger partial charge is 0.407 e. The molecule has 0 heterocycles. The van der Waals surface area contributed by atoms with Crippen LogP contribution in [-0.4, -0.2) is 98.2 Å². The number of rotatable bonds is 26. The van der Waals surface area contributed by atoms with Gasteiger partial charge in [-0.1, -0.05) is 33.8 Å². The lowest BCUT2D eigenvalue weighted by atomic mass is 9.80. The van der Waals surface area contributed by atoms with Gasteiger partial charge in [0.05, 0.1) is 49.9 Å². The highest BCUT2D eigenvalue weighted by atomic mass is 17.1. The highest BCUT2D eigenvalue weighted by Crippen LogP contribution is 2.32. The molecule has 0 saturated heterocycles. The summed E-state index contributed by atoms with van der Waals surface area (Å²) >= 11 is 0. The SMILES string of the molecule is COCCCOc1cc(CC(CC(NC(=O)OCCCCON(O)O)C(O)CC(C(=O)NCC(C)(C)C(N)=O)C(C)C)C(C)C)ccc1OC. The molecule has 0 aliphatic carbocycles. The minimum atomic E-state index is -1.12. The van der Waals surface area contributed by atoms with Crippen LogP contribution in [0.4, 0.5) is 4.79 Å². The summed E-state index contributed by atoms with van der Waals surface area (Å²) in [4.78, 5) is 42.6. The molecule has 15 heteroatoms. The first-order chi connectivity index (χ1) is 23.5. The van der Waals surface area contributed by atoms with Crippen molar-refractivity contribution in [1.82, 2.24) is 16.0 Å². The number of methoxy groups -OCH3 is 2. The Kier molecular flexibility index (Phi) is 20.9. The maximum atomic E-state index is 13.3. The third kappa shape index (κ3) is 17.1. The fraction of sp³-hybridized carbons (Fsp3) is 0.743. The molecule has 0 aromatic heterocycles. The molecule has 50 heavy (non-hydrogen) atoms. The topological polar surface area (TPSA) is 211 Å². The largest absolute Gasteiger partial charge is 0.493 e. The highest BCUT2D eigenvalue weighted by molar-refractivity contribution is 5.83. The standard InChI is InChI=1S/C35H62N4O11/c1-23(2)26(18-25-12-13-30(47-8)31(19-25)48-16-11-14-46-7)20-28(38-34(43)49-15-9-10-17-50-39(44)45)29(40)21-27(24(3)4)32(41)37-22-35(5,6)33(36)42/h12-13,19,23-24,26-29,40,44-45H,9-11,14-18,20-22H2,1-8H3,(H2,36,42)(H,37,41)(H,38,43). The Morgan fingerprint density at radius 1 is 0.920 bits per heavy atom. The molecule has 0 spiro atoms. The van der Waals surface area contributed by atoms with E-state index >= 15 is 0 Å². The second kappa shape index (κ2) is 23.3. The molecular formula is C35H62N4O11. The lowest BCUT2D eigenvalue weighted by Crippen LogP contribution is -2.49. The molecule has 7 N–H and O–H groups in total. The van der Waals surface area contributed by atoms with E-state index in [9.17, 15) is 19.5 Å². The van der Waals surface area contributed by atoms with E-state index < -0.39 is 35.5 Å². The van der Waals surface area contributed by atoms with Crippen molar-refractivity contribution in [2.75, 3.05) is 47.2 Å². The van der Waals surface area contributed by atoms with Crippen LogP contribution in [0.5, 0.6) is 11.5 Å². The van der Waals surface area contributed by atoms with E-state index in [1.165, 1.54) is 0 Å². The van der Waals surface area contributed by atoms with Crippen molar-refractivity contribution < 1.29 is 53.7 Å². The lowest BCUT2D eigenvalue weighted by molar-refractivity contribution is -0.492. The Morgan fingerprint density at radius 2 is 1.60 bits per heavy atom. The van der Waals surface area contributed by atoms with Crippen molar-refractivity contribution in [2.45, 2.75) is 92.2 Å². The van der Waals surface area contributed by atoms with Gasteiger partial charge in [0.15, 0.2) is 11.5 Å². The molecule has 1 aromatic carbocycles. The maximum absolute atomic E-state index is 13.3. The number of aliphatic hydroxyl groups excluding tert-OH is 1. The number of carbonyl (C=O) groups excluding carboxylic acids is 3. The van der Waals surface area contributed by atoms with Crippen molar-refractivity contribution in [3.8, 4) is 11.5 Å². The molecule has 0 saturated carbocycles. The van der Waals surface area contributed by atoms with Gasteiger partial charge < -0.3 is 40.4 Å². The Bertz CT molecular complexity index is 1150. The van der Waals surface area contributed by atoms with E-state index in [1.54, 1.807) is 28.1 Å². The third-order valence-corrected chi connectivity index (χ3v) is 8.73. The number of carbonyl (C=O) groups is 3. The van der Waals surface area contributed by atoms with Gasteiger partial charge in [-0.25, -0.2) is 4.79 Å². The molecule has 15 nitrogen and oxygen atoms in total. The molecule has 0 aliphatic heterocycles. The summed E-state index contributed by atoms with van der Waals surface area (Å²) < 4.78 is 22.0. The van der Waals surface area contributed by atoms with Crippen molar-refractivity contribution in [2.24, 2.45) is 34.8 Å². The summed E-state index contributed by atoms with van der Waals surface area (Å²) in [7, 11) is 3.22. The summed E-state index contributed by atoms with van der Waals surface area (Å²) in [5, 5.41) is 34.2. The van der Waals surface area contributed by atoms with E-state index in [4.69, 9.17) is 35.1 Å². The summed E-state index contributed by atoms with van der Waals surface area (Å²) in [5.41, 5.74) is 5.52. The van der Waals surface area contributed by atoms with Gasteiger partial charge in [-0.05, 0) is 81.4 Å². The fourth-order valence-electron chi connectivity index (χ4n) is 5.22. The number of amides is 3. The number of hydrogen-bond acceptors (Lipinski definition) is 12. The van der Waals surface area contributed by atoms with Crippen LogP contribution in [0.25, 0.3) is 0 Å². The van der Waals surface area contributed by atoms with Crippen LogP contribution in [0.2, 0.25) is 0 Å². The quantitative estimate of drug-likeness (QED) is 0.0597. The number of nitrogens with one attached hydrogen (secondary N) is 2. The van der Waals surface area contributed by atoms with E-state index in [-0.39, 0.29) is 55.2 Å². The first-order valence-electron chi connectivity index (χ1n) is 17.3. The number of unbranched alkanes of at least 4 members (excludes halogenated alkanes) is 1. The number of alkyl carbamates (subject to hydrolysis) is 1. The van der Waals surface area contributed by atoms with Crippen molar-refractivity contribution in [3.05, 3.63) is 23.8 Å². The van der Waals surface area contributed by atoms with Gasteiger partial charge in [0, 0.05) is 32.6 Å². The van der Waals surface area contributed by atoms with Crippen LogP contribution >= 0.6 is 0 Å². The summed E-state index contributed by atoms with van der Waals surface area (Å²) in [6.07, 6.45) is 0.701. The zero-order valence-corrected chi connectivity index (χ0v) is 31.1. The number of ether oxygens (including phenoxy) is 4. The summed E-state index contributed by atoms with van der Waals surface area (Å²) in [6, 6.07) is 4.99. The normalized spacial score (nSPS) is 14.3. The zero-order valence-electron chi connectivity index (χ0n) is 31.1. The number of nitrogens with zero attached hydrogens (tertiary/aromatic N) is 1. The first-order valence-corrected chi connectivity index (χ1v) is 17.3. The molecule has 0 aliphatic rings. The third-order valence-electron chi connectivity index (χ3n) is 8.73. The van der Waals surface area contributed by atoms with Crippen molar-refractivity contribution in [1.29, 1.82) is 0 Å². The van der Waals surface area contributed by atoms with Crippen molar-refractivity contribution >= 4 is 17.9 Å². The summed E-state index contributed by atoms with van der Waals surface area (Å²) in [5.74, 6) is -0.284. The van der Waals surface area contributed by atoms with Gasteiger partial charge in [0.1, 0.15) is 0 Å². The van der Waals surface area contributed by atoms with E-state index in [2.05, 4.69) is 29.3 Å². The molecule has 0 radical (unpaired) electrons. The van der Waals surface area contributed by atoms with E-state index in [1.807, 2.05) is 32.0 Å². The number of hydrogen-bond donors (Lipinski definition) is 6. The van der Waals surface area contributed by atoms with Gasteiger partial charge in [0.2, 0.25) is 11.8 Å². The predicted octanol–water partition coefficient (Wildman–Crippen LogP) is 3.85.